The van der Waals surface area contributed by atoms with Crippen LogP contribution >= 0.6 is 24.0 Å². The van der Waals surface area contributed by atoms with E-state index in [0.29, 0.717) is 5.96 Å². The second kappa shape index (κ2) is 9.58. The highest BCUT2D eigenvalue weighted by Crippen LogP contribution is 2.48. The highest BCUT2D eigenvalue weighted by Gasteiger charge is 2.44. The molecular weight excluding hydrogens is 439 g/mol. The van der Waals surface area contributed by atoms with Gasteiger partial charge >= 0.3 is 0 Å². The summed E-state index contributed by atoms with van der Waals surface area (Å²) in [6, 6.07) is 8.59. The van der Waals surface area contributed by atoms with Crippen molar-refractivity contribution < 1.29 is 4.79 Å². The van der Waals surface area contributed by atoms with Crippen LogP contribution in [0.4, 0.5) is 0 Å². The van der Waals surface area contributed by atoms with Crippen LogP contribution in [0.1, 0.15) is 51.7 Å². The third-order valence-corrected chi connectivity index (χ3v) is 4.40. The molecule has 2 rings (SSSR count). The molecule has 1 fully saturated rings. The Bertz CT molecular complexity index is 633. The zero-order chi connectivity index (χ0) is 18.5. The van der Waals surface area contributed by atoms with Crippen LogP contribution in [0.15, 0.2) is 29.3 Å². The monoisotopic (exact) mass is 472 g/mol. The van der Waals surface area contributed by atoms with Gasteiger partial charge in [0.1, 0.15) is 6.54 Å². The minimum atomic E-state index is -0.235. The number of rotatable bonds is 6. The Morgan fingerprint density at radius 3 is 2.38 bits per heavy atom. The molecule has 0 aromatic heterocycles. The Kier molecular flexibility index (Phi) is 8.37. The first kappa shape index (κ1) is 22.7. The predicted molar refractivity (Wildman–Crippen MR) is 119 cm³/mol. The van der Waals surface area contributed by atoms with Crippen molar-refractivity contribution in [2.75, 3.05) is 19.6 Å². The minimum Gasteiger partial charge on any atom is -0.357 e. The maximum absolute atomic E-state index is 12.0. The fourth-order valence-corrected chi connectivity index (χ4v) is 3.06. The van der Waals surface area contributed by atoms with Gasteiger partial charge in [0.2, 0.25) is 5.91 Å². The second-order valence-electron chi connectivity index (χ2n) is 7.94. The van der Waals surface area contributed by atoms with Crippen molar-refractivity contribution in [1.29, 1.82) is 0 Å². The van der Waals surface area contributed by atoms with Crippen LogP contribution in [0.25, 0.3) is 0 Å². The highest BCUT2D eigenvalue weighted by molar-refractivity contribution is 14.0. The van der Waals surface area contributed by atoms with Crippen LogP contribution in [-0.4, -0.2) is 37.0 Å². The van der Waals surface area contributed by atoms with Gasteiger partial charge in [0.05, 0.1) is 0 Å². The number of hydrogen-bond donors (Lipinski definition) is 3. The molecule has 0 saturated heterocycles. The second-order valence-corrected chi connectivity index (χ2v) is 7.94. The van der Waals surface area contributed by atoms with Crippen molar-refractivity contribution in [2.24, 2.45) is 4.99 Å². The van der Waals surface area contributed by atoms with E-state index in [1.54, 1.807) is 0 Å². The predicted octanol–water partition coefficient (Wildman–Crippen LogP) is 3.11. The molecule has 0 atom stereocenters. The molecule has 26 heavy (non-hydrogen) atoms. The Labute approximate surface area is 174 Å². The Balaban J connectivity index is 0.00000338. The van der Waals surface area contributed by atoms with Gasteiger partial charge in [-0.2, -0.15) is 0 Å². The van der Waals surface area contributed by atoms with Crippen molar-refractivity contribution >= 4 is 35.8 Å². The van der Waals surface area contributed by atoms with Crippen LogP contribution in [0, 0.1) is 6.92 Å². The third kappa shape index (κ3) is 6.78. The van der Waals surface area contributed by atoms with Gasteiger partial charge in [-0.15, -0.1) is 24.0 Å². The summed E-state index contributed by atoms with van der Waals surface area (Å²) in [6.07, 6.45) is 2.38. The summed E-state index contributed by atoms with van der Waals surface area (Å²) in [5.41, 5.74) is 2.73. The smallest absolute Gasteiger partial charge is 0.242 e. The summed E-state index contributed by atoms with van der Waals surface area (Å²) in [6.45, 7) is 11.8. The van der Waals surface area contributed by atoms with Crippen molar-refractivity contribution in [3.8, 4) is 0 Å². The number of guanidine groups is 1. The van der Waals surface area contributed by atoms with E-state index in [9.17, 15) is 4.79 Å². The van der Waals surface area contributed by atoms with Crippen LogP contribution < -0.4 is 16.0 Å². The van der Waals surface area contributed by atoms with E-state index < -0.39 is 0 Å². The van der Waals surface area contributed by atoms with E-state index in [4.69, 9.17) is 0 Å². The number of nitrogens with one attached hydrogen (secondary N) is 3. The lowest BCUT2D eigenvalue weighted by atomic mass is 9.92. The third-order valence-electron chi connectivity index (χ3n) is 4.40. The van der Waals surface area contributed by atoms with Crippen LogP contribution in [0.2, 0.25) is 0 Å². The summed E-state index contributed by atoms with van der Waals surface area (Å²) < 4.78 is 0. The maximum atomic E-state index is 12.0. The first-order chi connectivity index (χ1) is 11.8. The van der Waals surface area contributed by atoms with Gasteiger partial charge < -0.3 is 16.0 Å². The molecule has 0 radical (unpaired) electrons. The van der Waals surface area contributed by atoms with Crippen molar-refractivity contribution in [1.82, 2.24) is 16.0 Å². The van der Waals surface area contributed by atoms with Gasteiger partial charge in [-0.25, -0.2) is 4.99 Å². The van der Waals surface area contributed by atoms with Crippen LogP contribution in [0.3, 0.4) is 0 Å². The van der Waals surface area contributed by atoms with Gasteiger partial charge in [-0.05, 0) is 58.6 Å². The first-order valence-electron chi connectivity index (χ1n) is 9.15. The quantitative estimate of drug-likeness (QED) is 0.339. The fraction of sp³-hybridized carbons (Fsp3) is 0.600. The number of hydrogen-bond acceptors (Lipinski definition) is 2. The van der Waals surface area contributed by atoms with Crippen molar-refractivity contribution in [3.63, 3.8) is 0 Å². The zero-order valence-electron chi connectivity index (χ0n) is 16.6. The topological polar surface area (TPSA) is 65.5 Å². The molecule has 1 aromatic rings. The molecule has 5 nitrogen and oxygen atoms in total. The van der Waals surface area contributed by atoms with Crippen molar-refractivity contribution in [3.05, 3.63) is 35.4 Å². The molecule has 146 valence electrons. The molecule has 1 saturated carbocycles. The number of benzene rings is 1. The molecule has 1 aliphatic rings. The lowest BCUT2D eigenvalue weighted by Crippen LogP contribution is -2.44. The number of aryl methyl sites for hydroxylation is 1. The lowest BCUT2D eigenvalue weighted by Gasteiger charge is -2.21. The van der Waals surface area contributed by atoms with E-state index in [1.807, 2.05) is 27.7 Å². The van der Waals surface area contributed by atoms with E-state index in [1.165, 1.54) is 24.0 Å². The molecule has 3 N–H and O–H groups in total. The van der Waals surface area contributed by atoms with Gasteiger partial charge in [-0.1, -0.05) is 24.3 Å². The molecule has 1 aromatic carbocycles. The standard InChI is InChI=1S/C20H32N4O.HI/c1-6-21-18(22-13-17(25)24-19(3,4)5)23-14-20(11-12-20)16-10-8-7-9-15(16)2;/h7-10H,6,11-14H2,1-5H3,(H,24,25)(H2,21,22,23);1H. The molecule has 0 bridgehead atoms. The number of nitrogens with zero attached hydrogens (tertiary/aromatic N) is 1. The molecule has 6 heteroatoms. The summed E-state index contributed by atoms with van der Waals surface area (Å²) in [5.74, 6) is 0.635. The Morgan fingerprint density at radius 2 is 1.85 bits per heavy atom. The summed E-state index contributed by atoms with van der Waals surface area (Å²) >= 11 is 0. The SMILES string of the molecule is CCNC(=NCC(=O)NC(C)(C)C)NCC1(c2ccccc2C)CC1.I. The number of aliphatic imine (C=N–C) groups is 1. The van der Waals surface area contributed by atoms with Crippen LogP contribution in [0.5, 0.6) is 0 Å². The summed E-state index contributed by atoms with van der Waals surface area (Å²) in [4.78, 5) is 16.4. The normalized spacial score (nSPS) is 15.7. The number of carbonyl (C=O) groups excluding carboxylic acids is 1. The van der Waals surface area contributed by atoms with E-state index >= 15 is 0 Å². The number of halogens is 1. The molecule has 1 amide bonds. The zero-order valence-corrected chi connectivity index (χ0v) is 18.9. The molecule has 0 unspecified atom stereocenters. The summed E-state index contributed by atoms with van der Waals surface area (Å²) in [7, 11) is 0. The minimum absolute atomic E-state index is 0. The largest absolute Gasteiger partial charge is 0.357 e. The van der Waals surface area contributed by atoms with Crippen molar-refractivity contribution in [2.45, 2.75) is 58.4 Å². The lowest BCUT2D eigenvalue weighted by molar-refractivity contribution is -0.121. The van der Waals surface area contributed by atoms with Gasteiger partial charge in [0.15, 0.2) is 5.96 Å². The highest BCUT2D eigenvalue weighted by atomic mass is 127. The van der Waals surface area contributed by atoms with Gasteiger partial charge in [0, 0.05) is 24.0 Å². The van der Waals surface area contributed by atoms with Gasteiger partial charge in [-0.3, -0.25) is 4.79 Å². The number of carbonyl (C=O) groups is 1. The Morgan fingerprint density at radius 1 is 1.19 bits per heavy atom. The molecule has 0 aliphatic heterocycles. The van der Waals surface area contributed by atoms with E-state index in [0.717, 1.165) is 13.1 Å². The average Bonchev–Trinajstić information content (AvgIpc) is 3.30. The van der Waals surface area contributed by atoms with E-state index in [-0.39, 0.29) is 47.4 Å². The van der Waals surface area contributed by atoms with Crippen LogP contribution in [-0.2, 0) is 10.2 Å². The average molecular weight is 472 g/mol. The van der Waals surface area contributed by atoms with Gasteiger partial charge in [0.25, 0.3) is 0 Å². The molecule has 0 heterocycles. The molecular formula is C20H33IN4O. The summed E-state index contributed by atoms with van der Waals surface area (Å²) in [5, 5.41) is 9.59. The fourth-order valence-electron chi connectivity index (χ4n) is 3.06. The Hall–Kier alpha value is -1.31. The number of amides is 1. The maximum Gasteiger partial charge on any atom is 0.242 e. The molecule has 0 spiro atoms. The molecule has 1 aliphatic carbocycles. The van der Waals surface area contributed by atoms with E-state index in [2.05, 4.69) is 52.1 Å². The first-order valence-corrected chi connectivity index (χ1v) is 9.15.